The van der Waals surface area contributed by atoms with Gasteiger partial charge in [-0.05, 0) is 18.2 Å². The van der Waals surface area contributed by atoms with E-state index < -0.39 is 5.78 Å². The summed E-state index contributed by atoms with van der Waals surface area (Å²) >= 11 is 0. The van der Waals surface area contributed by atoms with E-state index in [0.717, 1.165) is 0 Å². The standard InChI is InChI=1S/C18H16N4O2/c1-5-12-7-6-8-13(9-12)20-21-15(11-19)17(23)14-10-16(24-22-14)18(2,3)4/h1,6-10,20H,2-4H3/b21-15+. The van der Waals surface area contributed by atoms with Gasteiger partial charge in [0, 0.05) is 17.0 Å². The molecule has 1 aromatic heterocycles. The highest BCUT2D eigenvalue weighted by atomic mass is 16.5. The zero-order valence-electron chi connectivity index (χ0n) is 13.6. The number of ketones is 1. The Morgan fingerprint density at radius 2 is 2.12 bits per heavy atom. The molecule has 24 heavy (non-hydrogen) atoms. The van der Waals surface area contributed by atoms with E-state index in [-0.39, 0.29) is 16.8 Å². The number of nitrogens with one attached hydrogen (secondary N) is 1. The number of nitrogens with zero attached hydrogens (tertiary/aromatic N) is 3. The fraction of sp³-hybridized carbons (Fsp3) is 0.222. The number of carbonyl (C=O) groups is 1. The molecule has 6 nitrogen and oxygen atoms in total. The van der Waals surface area contributed by atoms with Crippen molar-refractivity contribution in [1.82, 2.24) is 5.16 Å². The summed E-state index contributed by atoms with van der Waals surface area (Å²) in [5.41, 5.74) is 3.31. The summed E-state index contributed by atoms with van der Waals surface area (Å²) in [5, 5.41) is 16.7. The second kappa shape index (κ2) is 6.80. The maximum Gasteiger partial charge on any atom is 0.245 e. The molecule has 0 bridgehead atoms. The minimum Gasteiger partial charge on any atom is -0.360 e. The van der Waals surface area contributed by atoms with Gasteiger partial charge in [0.1, 0.15) is 11.8 Å². The number of rotatable bonds is 4. The molecule has 2 aromatic rings. The predicted octanol–water partition coefficient (Wildman–Crippen LogP) is 3.13. The number of terminal acetylenes is 1. The van der Waals surface area contributed by atoms with E-state index in [9.17, 15) is 10.1 Å². The first-order chi connectivity index (χ1) is 11.3. The van der Waals surface area contributed by atoms with E-state index in [4.69, 9.17) is 10.9 Å². The first-order valence-electron chi connectivity index (χ1n) is 7.17. The molecule has 2 rings (SSSR count). The molecule has 1 heterocycles. The third-order valence-electron chi connectivity index (χ3n) is 3.13. The lowest BCUT2D eigenvalue weighted by Gasteiger charge is -2.11. The largest absolute Gasteiger partial charge is 0.360 e. The molecule has 0 aliphatic rings. The molecule has 0 saturated carbocycles. The number of hydrogen-bond acceptors (Lipinski definition) is 6. The van der Waals surface area contributed by atoms with Crippen molar-refractivity contribution in [3.8, 4) is 18.4 Å². The summed E-state index contributed by atoms with van der Waals surface area (Å²) in [7, 11) is 0. The third kappa shape index (κ3) is 3.88. The highest BCUT2D eigenvalue weighted by Gasteiger charge is 2.24. The van der Waals surface area contributed by atoms with Crippen molar-refractivity contribution in [1.29, 1.82) is 5.26 Å². The van der Waals surface area contributed by atoms with Crippen LogP contribution in [0, 0.1) is 23.7 Å². The Hall–Kier alpha value is -3.38. The maximum atomic E-state index is 12.3. The molecule has 120 valence electrons. The van der Waals surface area contributed by atoms with Gasteiger partial charge in [-0.25, -0.2) is 0 Å². The van der Waals surface area contributed by atoms with Gasteiger partial charge in [-0.3, -0.25) is 10.2 Å². The Labute approximate surface area is 140 Å². The quantitative estimate of drug-likeness (QED) is 0.404. The van der Waals surface area contributed by atoms with Crippen LogP contribution in [0.15, 0.2) is 40.0 Å². The summed E-state index contributed by atoms with van der Waals surface area (Å²) in [6.07, 6.45) is 5.32. The van der Waals surface area contributed by atoms with Crippen molar-refractivity contribution in [2.45, 2.75) is 26.2 Å². The van der Waals surface area contributed by atoms with Crippen LogP contribution < -0.4 is 5.43 Å². The smallest absolute Gasteiger partial charge is 0.245 e. The third-order valence-corrected chi connectivity index (χ3v) is 3.13. The highest BCUT2D eigenvalue weighted by molar-refractivity contribution is 6.51. The number of hydrazone groups is 1. The molecule has 0 atom stereocenters. The Morgan fingerprint density at radius 3 is 2.71 bits per heavy atom. The molecule has 0 saturated heterocycles. The lowest BCUT2D eigenvalue weighted by atomic mass is 9.93. The van der Waals surface area contributed by atoms with Gasteiger partial charge in [0.15, 0.2) is 5.69 Å². The van der Waals surface area contributed by atoms with E-state index in [1.807, 2.05) is 20.8 Å². The van der Waals surface area contributed by atoms with Crippen LogP contribution in [0.25, 0.3) is 0 Å². The van der Waals surface area contributed by atoms with Gasteiger partial charge in [0.05, 0.1) is 5.69 Å². The van der Waals surface area contributed by atoms with Gasteiger partial charge < -0.3 is 4.52 Å². The lowest BCUT2D eigenvalue weighted by Crippen LogP contribution is -2.15. The molecule has 0 spiro atoms. The normalized spacial score (nSPS) is 11.5. The molecule has 1 N–H and O–H groups in total. The molecule has 6 heteroatoms. The van der Waals surface area contributed by atoms with Crippen LogP contribution in [-0.2, 0) is 5.41 Å². The minimum atomic E-state index is -0.614. The molecule has 0 aliphatic heterocycles. The maximum absolute atomic E-state index is 12.3. The van der Waals surface area contributed by atoms with Crippen LogP contribution >= 0.6 is 0 Å². The number of Topliss-reactive ketones (excluding diaryl/α,β-unsaturated/α-hetero) is 1. The van der Waals surface area contributed by atoms with Gasteiger partial charge in [0.25, 0.3) is 0 Å². The number of anilines is 1. The van der Waals surface area contributed by atoms with Gasteiger partial charge in [-0.2, -0.15) is 10.4 Å². The first kappa shape index (κ1) is 17.0. The van der Waals surface area contributed by atoms with E-state index in [0.29, 0.717) is 17.0 Å². The fourth-order valence-electron chi connectivity index (χ4n) is 1.78. The summed E-state index contributed by atoms with van der Waals surface area (Å²) in [6, 6.07) is 10.2. The van der Waals surface area contributed by atoms with E-state index in [1.54, 1.807) is 30.3 Å². The number of hydrogen-bond donors (Lipinski definition) is 1. The van der Waals surface area contributed by atoms with Crippen LogP contribution in [0.4, 0.5) is 5.69 Å². The summed E-state index contributed by atoms with van der Waals surface area (Å²) in [5.74, 6) is 2.43. The van der Waals surface area contributed by atoms with Crippen LogP contribution in [0.5, 0.6) is 0 Å². The van der Waals surface area contributed by atoms with Crippen molar-refractivity contribution in [3.63, 3.8) is 0 Å². The van der Waals surface area contributed by atoms with E-state index in [2.05, 4.69) is 21.6 Å². The van der Waals surface area contributed by atoms with Crippen LogP contribution in [0.2, 0.25) is 0 Å². The first-order valence-corrected chi connectivity index (χ1v) is 7.17. The average molecular weight is 320 g/mol. The van der Waals surface area contributed by atoms with Gasteiger partial charge >= 0.3 is 0 Å². The number of aromatic nitrogens is 1. The van der Waals surface area contributed by atoms with Crippen LogP contribution in [0.3, 0.4) is 0 Å². The molecule has 0 unspecified atom stereocenters. The molecular weight excluding hydrogens is 304 g/mol. The van der Waals surface area contributed by atoms with Crippen LogP contribution in [-0.4, -0.2) is 16.7 Å². The summed E-state index contributed by atoms with van der Waals surface area (Å²) in [4.78, 5) is 12.3. The number of carbonyl (C=O) groups excluding carboxylic acids is 1. The van der Waals surface area contributed by atoms with Crippen molar-refractivity contribution in [2.24, 2.45) is 5.10 Å². The Kier molecular flexibility index (Phi) is 4.81. The Bertz CT molecular complexity index is 873. The predicted molar refractivity (Wildman–Crippen MR) is 90.6 cm³/mol. The molecular formula is C18H16N4O2. The van der Waals surface area contributed by atoms with Crippen LogP contribution in [0.1, 0.15) is 42.6 Å². The van der Waals surface area contributed by atoms with Gasteiger partial charge in [-0.15, -0.1) is 6.42 Å². The lowest BCUT2D eigenvalue weighted by molar-refractivity contribution is 0.105. The second-order valence-corrected chi connectivity index (χ2v) is 6.06. The van der Waals surface area contributed by atoms with Crippen molar-refractivity contribution in [2.75, 3.05) is 5.43 Å². The topological polar surface area (TPSA) is 91.3 Å². The van der Waals surface area contributed by atoms with E-state index in [1.165, 1.54) is 6.07 Å². The van der Waals surface area contributed by atoms with E-state index >= 15 is 0 Å². The number of benzene rings is 1. The van der Waals surface area contributed by atoms with Gasteiger partial charge in [0.2, 0.25) is 11.5 Å². The van der Waals surface area contributed by atoms with Crippen molar-refractivity contribution < 1.29 is 9.32 Å². The number of nitriles is 1. The highest BCUT2D eigenvalue weighted by Crippen LogP contribution is 2.22. The van der Waals surface area contributed by atoms with Crippen molar-refractivity contribution in [3.05, 3.63) is 47.3 Å². The molecule has 0 amide bonds. The van der Waals surface area contributed by atoms with Gasteiger partial charge in [-0.1, -0.05) is 37.9 Å². The fourth-order valence-corrected chi connectivity index (χ4v) is 1.78. The SMILES string of the molecule is C#Cc1cccc(N/N=C(\C#N)C(=O)c2cc(C(C)(C)C)on2)c1. The average Bonchev–Trinajstić information content (AvgIpc) is 3.05. The van der Waals surface area contributed by atoms with Crippen molar-refractivity contribution >= 4 is 17.2 Å². The minimum absolute atomic E-state index is 0.0411. The molecule has 0 aliphatic carbocycles. The monoisotopic (exact) mass is 320 g/mol. The Morgan fingerprint density at radius 1 is 1.38 bits per heavy atom. The Balaban J connectivity index is 2.21. The zero-order chi connectivity index (χ0) is 17.7. The summed E-state index contributed by atoms with van der Waals surface area (Å²) < 4.78 is 5.16. The summed E-state index contributed by atoms with van der Waals surface area (Å²) in [6.45, 7) is 5.79. The molecule has 0 fully saturated rings. The zero-order valence-corrected chi connectivity index (χ0v) is 13.6. The molecule has 0 radical (unpaired) electrons. The molecule has 1 aromatic carbocycles. The second-order valence-electron chi connectivity index (χ2n) is 6.06.